The van der Waals surface area contributed by atoms with Gasteiger partial charge in [0, 0.05) is 5.69 Å². The molecule has 4 nitrogen and oxygen atoms in total. The molecular weight excluding hydrogens is 164 g/mol. The molecule has 1 heterocycles. The molecule has 0 bridgehead atoms. The lowest BCUT2D eigenvalue weighted by atomic mass is 10.2. The van der Waals surface area contributed by atoms with Crippen molar-refractivity contribution in [2.45, 2.75) is 6.92 Å². The van der Waals surface area contributed by atoms with Crippen LogP contribution in [0.2, 0.25) is 0 Å². The van der Waals surface area contributed by atoms with Crippen LogP contribution in [0.5, 0.6) is 0 Å². The maximum atomic E-state index is 5.70. The minimum atomic E-state index is 0.795. The van der Waals surface area contributed by atoms with Crippen LogP contribution in [0.25, 0.3) is 5.69 Å². The van der Waals surface area contributed by atoms with Crippen LogP contribution in [0, 0.1) is 6.92 Å². The second-order valence-corrected chi connectivity index (χ2v) is 2.89. The highest BCUT2D eigenvalue weighted by atomic mass is 15.4. The molecule has 0 radical (unpaired) electrons. The summed E-state index contributed by atoms with van der Waals surface area (Å²) in [5.74, 6) is 0. The fraction of sp³-hybridized carbons (Fsp3) is 0.111. The Bertz CT molecular complexity index is 406. The van der Waals surface area contributed by atoms with E-state index in [9.17, 15) is 0 Å². The van der Waals surface area contributed by atoms with Gasteiger partial charge < -0.3 is 5.73 Å². The molecule has 66 valence electrons. The lowest BCUT2D eigenvalue weighted by Crippen LogP contribution is -1.97. The normalized spacial score (nSPS) is 10.2. The largest absolute Gasteiger partial charge is 0.399 e. The van der Waals surface area contributed by atoms with Crippen molar-refractivity contribution in [3.8, 4) is 5.69 Å². The number of nitrogen functional groups attached to an aromatic ring is 1. The van der Waals surface area contributed by atoms with E-state index in [0.29, 0.717) is 0 Å². The van der Waals surface area contributed by atoms with Gasteiger partial charge in [0.25, 0.3) is 0 Å². The number of nitrogens with two attached hydrogens (primary N) is 1. The molecular formula is C9H10N4. The van der Waals surface area contributed by atoms with Crippen molar-refractivity contribution in [2.24, 2.45) is 0 Å². The van der Waals surface area contributed by atoms with Crippen LogP contribution in [-0.4, -0.2) is 15.0 Å². The predicted molar refractivity (Wildman–Crippen MR) is 50.5 cm³/mol. The summed E-state index contributed by atoms with van der Waals surface area (Å²) >= 11 is 0. The molecule has 0 saturated carbocycles. The topological polar surface area (TPSA) is 56.7 Å². The van der Waals surface area contributed by atoms with E-state index < -0.39 is 0 Å². The number of rotatable bonds is 1. The molecule has 0 spiro atoms. The first kappa shape index (κ1) is 7.79. The molecule has 0 aliphatic carbocycles. The van der Waals surface area contributed by atoms with Crippen LogP contribution in [0.1, 0.15) is 5.56 Å². The number of hydrogen-bond donors (Lipinski definition) is 1. The molecule has 2 rings (SSSR count). The first-order valence-corrected chi connectivity index (χ1v) is 4.00. The molecule has 0 amide bonds. The highest BCUT2D eigenvalue weighted by Crippen LogP contribution is 2.14. The van der Waals surface area contributed by atoms with Gasteiger partial charge in [-0.05, 0) is 30.7 Å². The third kappa shape index (κ3) is 1.38. The van der Waals surface area contributed by atoms with Gasteiger partial charge in [-0.25, -0.2) is 4.68 Å². The molecule has 1 aromatic carbocycles. The van der Waals surface area contributed by atoms with E-state index in [2.05, 4.69) is 10.3 Å². The Morgan fingerprint density at radius 3 is 2.85 bits per heavy atom. The van der Waals surface area contributed by atoms with Gasteiger partial charge in [0.05, 0.1) is 18.1 Å². The third-order valence-corrected chi connectivity index (χ3v) is 1.94. The smallest absolute Gasteiger partial charge is 0.0697 e. The monoisotopic (exact) mass is 174 g/mol. The minimum Gasteiger partial charge on any atom is -0.399 e. The summed E-state index contributed by atoms with van der Waals surface area (Å²) < 4.78 is 1.70. The minimum absolute atomic E-state index is 0.795. The maximum Gasteiger partial charge on any atom is 0.0697 e. The van der Waals surface area contributed by atoms with Crippen LogP contribution < -0.4 is 5.73 Å². The van der Waals surface area contributed by atoms with E-state index in [1.807, 2.05) is 25.1 Å². The zero-order valence-corrected chi connectivity index (χ0v) is 7.31. The Kier molecular flexibility index (Phi) is 1.73. The fourth-order valence-corrected chi connectivity index (χ4v) is 1.15. The van der Waals surface area contributed by atoms with Gasteiger partial charge in [0.1, 0.15) is 0 Å². The molecule has 0 aliphatic heterocycles. The predicted octanol–water partition coefficient (Wildman–Crippen LogP) is 1.16. The molecule has 0 unspecified atom stereocenters. The highest BCUT2D eigenvalue weighted by Gasteiger charge is 1.98. The van der Waals surface area contributed by atoms with Crippen molar-refractivity contribution in [1.29, 1.82) is 0 Å². The zero-order chi connectivity index (χ0) is 9.26. The van der Waals surface area contributed by atoms with Gasteiger partial charge in [-0.2, -0.15) is 0 Å². The van der Waals surface area contributed by atoms with Gasteiger partial charge in [0.2, 0.25) is 0 Å². The molecule has 13 heavy (non-hydrogen) atoms. The molecule has 4 heteroatoms. The van der Waals surface area contributed by atoms with Gasteiger partial charge in [-0.1, -0.05) is 5.21 Å². The molecule has 2 N–H and O–H groups in total. The van der Waals surface area contributed by atoms with Gasteiger partial charge in [-0.3, -0.25) is 0 Å². The van der Waals surface area contributed by atoms with Crippen molar-refractivity contribution < 1.29 is 0 Å². The lowest BCUT2D eigenvalue weighted by molar-refractivity contribution is 0.802. The Balaban J connectivity index is 2.49. The van der Waals surface area contributed by atoms with Crippen molar-refractivity contribution in [1.82, 2.24) is 15.0 Å². The van der Waals surface area contributed by atoms with Crippen LogP contribution >= 0.6 is 0 Å². The summed E-state index contributed by atoms with van der Waals surface area (Å²) in [6.07, 6.45) is 3.44. The van der Waals surface area contributed by atoms with E-state index in [1.165, 1.54) is 0 Å². The molecule has 0 saturated heterocycles. The van der Waals surface area contributed by atoms with Crippen LogP contribution in [0.15, 0.2) is 30.6 Å². The van der Waals surface area contributed by atoms with Crippen molar-refractivity contribution in [3.63, 3.8) is 0 Å². The lowest BCUT2D eigenvalue weighted by Gasteiger charge is -2.03. The molecule has 0 aliphatic rings. The van der Waals surface area contributed by atoms with Crippen molar-refractivity contribution in [2.75, 3.05) is 5.73 Å². The van der Waals surface area contributed by atoms with Crippen LogP contribution in [-0.2, 0) is 0 Å². The molecule has 1 aromatic heterocycles. The number of hydrogen-bond acceptors (Lipinski definition) is 3. The van der Waals surface area contributed by atoms with E-state index in [1.54, 1.807) is 17.1 Å². The van der Waals surface area contributed by atoms with Crippen molar-refractivity contribution >= 4 is 5.69 Å². The summed E-state index contributed by atoms with van der Waals surface area (Å²) in [4.78, 5) is 0. The standard InChI is InChI=1S/C9H10N4/c1-7-6-8(2-3-9(7)10)13-5-4-11-12-13/h2-6H,10H2,1H3. The second-order valence-electron chi connectivity index (χ2n) is 2.89. The highest BCUT2D eigenvalue weighted by molar-refractivity contribution is 5.51. The average molecular weight is 174 g/mol. The van der Waals surface area contributed by atoms with E-state index in [4.69, 9.17) is 5.73 Å². The van der Waals surface area contributed by atoms with Crippen LogP contribution in [0.3, 0.4) is 0 Å². The van der Waals surface area contributed by atoms with Gasteiger partial charge >= 0.3 is 0 Å². The summed E-state index contributed by atoms with van der Waals surface area (Å²) in [5.41, 5.74) is 8.52. The molecule has 0 fully saturated rings. The Morgan fingerprint density at radius 2 is 2.23 bits per heavy atom. The average Bonchev–Trinajstić information content (AvgIpc) is 2.62. The number of aromatic nitrogens is 3. The van der Waals surface area contributed by atoms with E-state index >= 15 is 0 Å². The summed E-state index contributed by atoms with van der Waals surface area (Å²) in [6.45, 7) is 1.97. The van der Waals surface area contributed by atoms with Crippen LogP contribution in [0.4, 0.5) is 5.69 Å². The quantitative estimate of drug-likeness (QED) is 0.660. The van der Waals surface area contributed by atoms with Crippen molar-refractivity contribution in [3.05, 3.63) is 36.2 Å². The van der Waals surface area contributed by atoms with E-state index in [-0.39, 0.29) is 0 Å². The number of anilines is 1. The van der Waals surface area contributed by atoms with Gasteiger partial charge in [-0.15, -0.1) is 5.10 Å². The Labute approximate surface area is 76.0 Å². The summed E-state index contributed by atoms with van der Waals surface area (Å²) in [7, 11) is 0. The molecule has 2 aromatic rings. The first-order chi connectivity index (χ1) is 6.27. The fourth-order valence-electron chi connectivity index (χ4n) is 1.15. The SMILES string of the molecule is Cc1cc(-n2ccnn2)ccc1N. The summed E-state index contributed by atoms with van der Waals surface area (Å²) in [6, 6.07) is 5.76. The number of aryl methyl sites for hydroxylation is 1. The Morgan fingerprint density at radius 1 is 1.38 bits per heavy atom. The maximum absolute atomic E-state index is 5.70. The first-order valence-electron chi connectivity index (χ1n) is 4.00. The third-order valence-electron chi connectivity index (χ3n) is 1.94. The zero-order valence-electron chi connectivity index (χ0n) is 7.31. The number of nitrogens with zero attached hydrogens (tertiary/aromatic N) is 3. The van der Waals surface area contributed by atoms with E-state index in [0.717, 1.165) is 16.9 Å². The van der Waals surface area contributed by atoms with Gasteiger partial charge in [0.15, 0.2) is 0 Å². The Hall–Kier alpha value is -1.84. The number of benzene rings is 1. The summed E-state index contributed by atoms with van der Waals surface area (Å²) in [5, 5.41) is 7.62. The second kappa shape index (κ2) is 2.90. The molecule has 0 atom stereocenters.